The van der Waals surface area contributed by atoms with Crippen molar-refractivity contribution < 1.29 is 0 Å². The van der Waals surface area contributed by atoms with E-state index in [1.165, 1.54) is 10.8 Å². The van der Waals surface area contributed by atoms with Crippen molar-refractivity contribution >= 4 is 21.8 Å². The third kappa shape index (κ3) is 5.42. The fraction of sp³-hybridized carbons (Fsp3) is 0. The average molecular weight is 652 g/mol. The Morgan fingerprint density at radius 2 is 0.882 bits per heavy atom. The molecule has 7 aromatic carbocycles. The van der Waals surface area contributed by atoms with Crippen LogP contribution in [0, 0.1) is 11.3 Å². The van der Waals surface area contributed by atoms with Crippen LogP contribution in [0.4, 0.5) is 0 Å². The summed E-state index contributed by atoms with van der Waals surface area (Å²) < 4.78 is 2.32. The molecule has 0 amide bonds. The van der Waals surface area contributed by atoms with E-state index in [0.717, 1.165) is 55.7 Å². The van der Waals surface area contributed by atoms with Gasteiger partial charge in [0.25, 0.3) is 0 Å². The molecular formula is C46H29N5. The van der Waals surface area contributed by atoms with Gasteiger partial charge < -0.3 is 4.57 Å². The molecule has 0 radical (unpaired) electrons. The summed E-state index contributed by atoms with van der Waals surface area (Å²) >= 11 is 0. The minimum Gasteiger partial charge on any atom is -0.308 e. The highest BCUT2D eigenvalue weighted by Crippen LogP contribution is 2.38. The molecule has 9 rings (SSSR count). The zero-order chi connectivity index (χ0) is 34.1. The fourth-order valence-electron chi connectivity index (χ4n) is 6.89. The Kier molecular flexibility index (Phi) is 7.46. The van der Waals surface area contributed by atoms with E-state index in [1.807, 2.05) is 84.9 Å². The Balaban J connectivity index is 1.31. The van der Waals surface area contributed by atoms with E-state index >= 15 is 0 Å². The first-order chi connectivity index (χ1) is 25.2. The van der Waals surface area contributed by atoms with Crippen molar-refractivity contribution in [3.8, 4) is 68.2 Å². The van der Waals surface area contributed by atoms with E-state index < -0.39 is 0 Å². The van der Waals surface area contributed by atoms with Crippen molar-refractivity contribution in [2.45, 2.75) is 0 Å². The zero-order valence-corrected chi connectivity index (χ0v) is 27.5. The number of nitrogens with zero attached hydrogens (tertiary/aromatic N) is 5. The summed E-state index contributed by atoms with van der Waals surface area (Å²) in [4.78, 5) is 15.3. The van der Waals surface area contributed by atoms with Crippen LogP contribution in [-0.2, 0) is 0 Å². The molecule has 0 bridgehead atoms. The molecule has 0 aliphatic carbocycles. The number of benzene rings is 7. The third-order valence-corrected chi connectivity index (χ3v) is 9.32. The van der Waals surface area contributed by atoms with Crippen LogP contribution in [0.15, 0.2) is 176 Å². The van der Waals surface area contributed by atoms with Gasteiger partial charge in [0, 0.05) is 27.5 Å². The summed E-state index contributed by atoms with van der Waals surface area (Å²) in [6, 6.07) is 62.1. The molecule has 0 spiro atoms. The Bertz CT molecular complexity index is 2690. The highest BCUT2D eigenvalue weighted by molar-refractivity contribution is 6.09. The van der Waals surface area contributed by atoms with Gasteiger partial charge in [0.05, 0.1) is 28.4 Å². The lowest BCUT2D eigenvalue weighted by Gasteiger charge is -2.16. The summed E-state index contributed by atoms with van der Waals surface area (Å²) in [5.74, 6) is 1.60. The first kappa shape index (κ1) is 29.9. The van der Waals surface area contributed by atoms with E-state index in [0.29, 0.717) is 23.0 Å². The van der Waals surface area contributed by atoms with Gasteiger partial charge in [0.15, 0.2) is 17.5 Å². The van der Waals surface area contributed by atoms with Gasteiger partial charge in [-0.15, -0.1) is 0 Å². The van der Waals surface area contributed by atoms with Crippen LogP contribution in [-0.4, -0.2) is 19.5 Å². The lowest BCUT2D eigenvalue weighted by molar-refractivity contribution is 1.06. The maximum atomic E-state index is 10.2. The fourth-order valence-corrected chi connectivity index (χ4v) is 6.89. The van der Waals surface area contributed by atoms with Gasteiger partial charge in [0.2, 0.25) is 0 Å². The summed E-state index contributed by atoms with van der Waals surface area (Å²) in [5, 5.41) is 12.6. The quantitative estimate of drug-likeness (QED) is 0.179. The van der Waals surface area contributed by atoms with Crippen LogP contribution >= 0.6 is 0 Å². The first-order valence-corrected chi connectivity index (χ1v) is 16.8. The second-order valence-corrected chi connectivity index (χ2v) is 12.4. The predicted octanol–water partition coefficient (Wildman–Crippen LogP) is 11.2. The largest absolute Gasteiger partial charge is 0.308 e. The molecule has 0 saturated carbocycles. The molecule has 5 nitrogen and oxygen atoms in total. The van der Waals surface area contributed by atoms with E-state index in [9.17, 15) is 5.26 Å². The van der Waals surface area contributed by atoms with E-state index in [2.05, 4.69) is 102 Å². The van der Waals surface area contributed by atoms with Gasteiger partial charge in [-0.3, -0.25) is 0 Å². The molecule has 0 unspecified atom stereocenters. The molecule has 238 valence electrons. The van der Waals surface area contributed by atoms with Crippen LogP contribution in [0.2, 0.25) is 0 Å². The highest BCUT2D eigenvalue weighted by atomic mass is 15.1. The van der Waals surface area contributed by atoms with Crippen molar-refractivity contribution in [2.75, 3.05) is 0 Å². The summed E-state index contributed by atoms with van der Waals surface area (Å²) in [7, 11) is 0. The summed E-state index contributed by atoms with van der Waals surface area (Å²) in [6.07, 6.45) is 0. The Morgan fingerprint density at radius 1 is 0.392 bits per heavy atom. The van der Waals surface area contributed by atoms with E-state index in [1.54, 1.807) is 0 Å². The van der Waals surface area contributed by atoms with Gasteiger partial charge in [-0.2, -0.15) is 5.26 Å². The zero-order valence-electron chi connectivity index (χ0n) is 27.5. The Hall–Kier alpha value is -7.16. The van der Waals surface area contributed by atoms with E-state index in [-0.39, 0.29) is 0 Å². The van der Waals surface area contributed by atoms with Crippen molar-refractivity contribution in [3.63, 3.8) is 0 Å². The second-order valence-electron chi connectivity index (χ2n) is 12.4. The molecule has 0 N–H and O–H groups in total. The minimum atomic E-state index is 0.496. The molecule has 0 aliphatic heterocycles. The predicted molar refractivity (Wildman–Crippen MR) is 206 cm³/mol. The third-order valence-electron chi connectivity index (χ3n) is 9.32. The number of aromatic nitrogens is 4. The highest BCUT2D eigenvalue weighted by Gasteiger charge is 2.20. The first-order valence-electron chi connectivity index (χ1n) is 16.8. The molecule has 51 heavy (non-hydrogen) atoms. The lowest BCUT2D eigenvalue weighted by atomic mass is 9.98. The van der Waals surface area contributed by atoms with E-state index in [4.69, 9.17) is 15.0 Å². The summed E-state index contributed by atoms with van der Waals surface area (Å²) in [6.45, 7) is 0. The average Bonchev–Trinajstić information content (AvgIpc) is 3.55. The number of nitriles is 1. The standard InChI is InChI=1S/C46H29N5/c47-30-36-28-35(25-26-37(36)32-16-6-2-7-17-32)45-48-44(33-18-8-3-9-19-33)49-46(50-45)40-27-24-34(31-14-4-1-5-15-31)29-43(40)51-41-22-12-10-20-38(41)39-21-11-13-23-42(39)51/h1-29H. The Morgan fingerprint density at radius 3 is 1.51 bits per heavy atom. The number of hydrogen-bond donors (Lipinski definition) is 0. The van der Waals surface area contributed by atoms with Crippen molar-refractivity contribution in [2.24, 2.45) is 0 Å². The van der Waals surface area contributed by atoms with Crippen molar-refractivity contribution in [1.29, 1.82) is 5.26 Å². The maximum absolute atomic E-state index is 10.2. The topological polar surface area (TPSA) is 67.4 Å². The van der Waals surface area contributed by atoms with Crippen LogP contribution in [0.25, 0.3) is 83.9 Å². The molecule has 9 aromatic rings. The molecule has 2 aromatic heterocycles. The SMILES string of the molecule is N#Cc1cc(-c2nc(-c3ccccc3)nc(-c3ccc(-c4ccccc4)cc3-n3c4ccccc4c4ccccc43)n2)ccc1-c1ccccc1. The molecule has 2 heterocycles. The van der Waals surface area contributed by atoms with Crippen LogP contribution < -0.4 is 0 Å². The maximum Gasteiger partial charge on any atom is 0.166 e. The molecule has 0 saturated heterocycles. The molecule has 0 aliphatic rings. The Labute approximate surface area is 295 Å². The number of fused-ring (bicyclic) bond motifs is 3. The van der Waals surface area contributed by atoms with Gasteiger partial charge in [0.1, 0.15) is 0 Å². The molecule has 0 atom stereocenters. The summed E-state index contributed by atoms with van der Waals surface area (Å²) in [5.41, 5.74) is 10.2. The monoisotopic (exact) mass is 651 g/mol. The normalized spacial score (nSPS) is 11.1. The van der Waals surface area contributed by atoms with Gasteiger partial charge in [-0.1, -0.05) is 146 Å². The number of hydrogen-bond acceptors (Lipinski definition) is 4. The lowest BCUT2D eigenvalue weighted by Crippen LogP contribution is -2.04. The van der Waals surface area contributed by atoms with Crippen molar-refractivity contribution in [1.82, 2.24) is 19.5 Å². The van der Waals surface area contributed by atoms with Crippen molar-refractivity contribution in [3.05, 3.63) is 181 Å². The number of rotatable bonds is 6. The van der Waals surface area contributed by atoms with Crippen LogP contribution in [0.1, 0.15) is 5.56 Å². The molecule has 5 heteroatoms. The van der Waals surface area contributed by atoms with Crippen LogP contribution in [0.3, 0.4) is 0 Å². The molecular weight excluding hydrogens is 623 g/mol. The van der Waals surface area contributed by atoms with Gasteiger partial charge in [-0.25, -0.2) is 15.0 Å². The van der Waals surface area contributed by atoms with Gasteiger partial charge in [-0.05, 0) is 52.6 Å². The number of para-hydroxylation sites is 2. The molecule has 0 fully saturated rings. The second kappa shape index (κ2) is 12.7. The smallest absolute Gasteiger partial charge is 0.166 e. The van der Waals surface area contributed by atoms with Gasteiger partial charge >= 0.3 is 0 Å². The minimum absolute atomic E-state index is 0.496. The van der Waals surface area contributed by atoms with Crippen LogP contribution in [0.5, 0.6) is 0 Å².